The summed E-state index contributed by atoms with van der Waals surface area (Å²) in [4.78, 5) is 13.0. The van der Waals surface area contributed by atoms with E-state index in [2.05, 4.69) is 14.8 Å². The number of rotatable bonds is 9. The van der Waals surface area contributed by atoms with Crippen molar-refractivity contribution in [1.29, 1.82) is 0 Å². The number of amides is 1. The monoisotopic (exact) mass is 585 g/mol. The van der Waals surface area contributed by atoms with Crippen LogP contribution in [0.4, 0.5) is 17.1 Å². The van der Waals surface area contributed by atoms with E-state index in [1.807, 2.05) is 6.92 Å². The van der Waals surface area contributed by atoms with Crippen LogP contribution in [-0.4, -0.2) is 29.9 Å². The van der Waals surface area contributed by atoms with Crippen LogP contribution in [0.1, 0.15) is 15.9 Å². The van der Waals surface area contributed by atoms with Crippen LogP contribution >= 0.6 is 11.6 Å². The molecule has 0 saturated carbocycles. The highest BCUT2D eigenvalue weighted by molar-refractivity contribution is 7.93. The first-order valence-electron chi connectivity index (χ1n) is 11.4. The van der Waals surface area contributed by atoms with Crippen LogP contribution in [-0.2, 0) is 20.0 Å². The SMILES string of the molecule is COc1ccc(NS(=O)(=O)c2ccc(NC(=O)c3cc(NS(=O)(=O)c4ccc(C)cc4)ccc3Cl)cc2)cc1. The fourth-order valence-corrected chi connectivity index (χ4v) is 5.79. The summed E-state index contributed by atoms with van der Waals surface area (Å²) in [5.74, 6) is -0.0179. The molecule has 39 heavy (non-hydrogen) atoms. The molecule has 0 bridgehead atoms. The van der Waals surface area contributed by atoms with Gasteiger partial charge in [0.1, 0.15) is 5.75 Å². The number of halogens is 1. The van der Waals surface area contributed by atoms with Crippen LogP contribution in [0.5, 0.6) is 5.75 Å². The second-order valence-electron chi connectivity index (χ2n) is 8.43. The number of benzene rings is 4. The van der Waals surface area contributed by atoms with E-state index in [0.29, 0.717) is 17.1 Å². The third-order valence-electron chi connectivity index (χ3n) is 5.56. The molecule has 4 aromatic carbocycles. The molecule has 9 nitrogen and oxygen atoms in total. The Morgan fingerprint density at radius 2 is 1.18 bits per heavy atom. The van der Waals surface area contributed by atoms with Gasteiger partial charge in [0.05, 0.1) is 27.5 Å². The number of carbonyl (C=O) groups is 1. The number of aryl methyl sites for hydroxylation is 1. The molecule has 0 saturated heterocycles. The number of nitrogens with one attached hydrogen (secondary N) is 3. The molecule has 4 rings (SSSR count). The maximum absolute atomic E-state index is 12.9. The predicted octanol–water partition coefficient (Wildman–Crippen LogP) is 5.51. The van der Waals surface area contributed by atoms with E-state index in [0.717, 1.165) is 5.56 Å². The number of anilines is 3. The molecule has 12 heteroatoms. The Kier molecular flexibility index (Phi) is 8.14. The first kappa shape index (κ1) is 28.0. The largest absolute Gasteiger partial charge is 0.497 e. The average Bonchev–Trinajstić information content (AvgIpc) is 2.90. The summed E-state index contributed by atoms with van der Waals surface area (Å²) in [6.07, 6.45) is 0. The molecule has 0 unspecified atom stereocenters. The fraction of sp³-hybridized carbons (Fsp3) is 0.0741. The van der Waals surface area contributed by atoms with E-state index in [1.165, 1.54) is 61.7 Å². The smallest absolute Gasteiger partial charge is 0.261 e. The van der Waals surface area contributed by atoms with E-state index in [4.69, 9.17) is 16.3 Å². The highest BCUT2D eigenvalue weighted by atomic mass is 35.5. The van der Waals surface area contributed by atoms with Gasteiger partial charge < -0.3 is 10.1 Å². The number of ether oxygens (including phenoxy) is 1. The Labute approximate surface area is 231 Å². The first-order chi connectivity index (χ1) is 18.5. The Hall–Kier alpha value is -4.06. The molecule has 0 spiro atoms. The molecule has 0 aromatic heterocycles. The van der Waals surface area contributed by atoms with E-state index in [1.54, 1.807) is 36.4 Å². The molecule has 0 aliphatic rings. The zero-order valence-electron chi connectivity index (χ0n) is 20.8. The fourth-order valence-electron chi connectivity index (χ4n) is 3.48. The molecule has 0 aliphatic heterocycles. The van der Waals surface area contributed by atoms with Crippen molar-refractivity contribution in [3.63, 3.8) is 0 Å². The molecule has 0 fully saturated rings. The van der Waals surface area contributed by atoms with Gasteiger partial charge in [-0.15, -0.1) is 0 Å². The average molecular weight is 586 g/mol. The van der Waals surface area contributed by atoms with Gasteiger partial charge in [0.15, 0.2) is 0 Å². The molecule has 202 valence electrons. The van der Waals surface area contributed by atoms with Gasteiger partial charge in [-0.3, -0.25) is 14.2 Å². The van der Waals surface area contributed by atoms with Gasteiger partial charge in [-0.1, -0.05) is 29.3 Å². The zero-order valence-corrected chi connectivity index (χ0v) is 23.2. The van der Waals surface area contributed by atoms with Crippen LogP contribution in [0.2, 0.25) is 5.02 Å². The van der Waals surface area contributed by atoms with Crippen LogP contribution in [0.3, 0.4) is 0 Å². The Morgan fingerprint density at radius 3 is 1.74 bits per heavy atom. The summed E-state index contributed by atoms with van der Waals surface area (Å²) in [6.45, 7) is 1.85. The topological polar surface area (TPSA) is 131 Å². The second kappa shape index (κ2) is 11.4. The maximum atomic E-state index is 12.9. The van der Waals surface area contributed by atoms with Gasteiger partial charge >= 0.3 is 0 Å². The third kappa shape index (κ3) is 6.88. The Morgan fingerprint density at radius 1 is 0.692 bits per heavy atom. The summed E-state index contributed by atoms with van der Waals surface area (Å²) < 4.78 is 60.9. The van der Waals surface area contributed by atoms with Gasteiger partial charge in [0, 0.05) is 17.1 Å². The predicted molar refractivity (Wildman–Crippen MR) is 152 cm³/mol. The molecule has 0 atom stereocenters. The minimum atomic E-state index is -3.88. The first-order valence-corrected chi connectivity index (χ1v) is 14.8. The lowest BCUT2D eigenvalue weighted by Gasteiger charge is -2.12. The van der Waals surface area contributed by atoms with Crippen LogP contribution < -0.4 is 19.5 Å². The number of methoxy groups -OCH3 is 1. The molecule has 0 heterocycles. The van der Waals surface area contributed by atoms with Crippen molar-refractivity contribution in [2.75, 3.05) is 21.9 Å². The minimum Gasteiger partial charge on any atom is -0.497 e. The molecule has 1 amide bonds. The van der Waals surface area contributed by atoms with Crippen molar-refractivity contribution < 1.29 is 26.4 Å². The number of carbonyl (C=O) groups excluding carboxylic acids is 1. The Bertz CT molecular complexity index is 1710. The normalized spacial score (nSPS) is 11.5. The lowest BCUT2D eigenvalue weighted by atomic mass is 10.2. The molecular formula is C27H24ClN3O6S2. The lowest BCUT2D eigenvalue weighted by Crippen LogP contribution is -2.16. The number of hydrogen-bond acceptors (Lipinski definition) is 6. The highest BCUT2D eigenvalue weighted by Gasteiger charge is 2.18. The maximum Gasteiger partial charge on any atom is 0.261 e. The summed E-state index contributed by atoms with van der Waals surface area (Å²) in [5.41, 5.74) is 1.76. The van der Waals surface area contributed by atoms with Crippen molar-refractivity contribution >= 4 is 54.6 Å². The van der Waals surface area contributed by atoms with Crippen molar-refractivity contribution in [3.05, 3.63) is 107 Å². The number of hydrogen-bond donors (Lipinski definition) is 3. The van der Waals surface area contributed by atoms with Crippen molar-refractivity contribution in [3.8, 4) is 5.75 Å². The minimum absolute atomic E-state index is 0.0122. The molecule has 4 aromatic rings. The Balaban J connectivity index is 1.46. The van der Waals surface area contributed by atoms with E-state index in [-0.39, 0.29) is 26.1 Å². The van der Waals surface area contributed by atoms with Gasteiger partial charge in [-0.25, -0.2) is 16.8 Å². The quantitative estimate of drug-likeness (QED) is 0.237. The van der Waals surface area contributed by atoms with E-state index < -0.39 is 26.0 Å². The van der Waals surface area contributed by atoms with Gasteiger partial charge in [0.2, 0.25) is 0 Å². The molecular weight excluding hydrogens is 562 g/mol. The van der Waals surface area contributed by atoms with Crippen molar-refractivity contribution in [1.82, 2.24) is 0 Å². The third-order valence-corrected chi connectivity index (χ3v) is 8.68. The molecule has 3 N–H and O–H groups in total. The van der Waals surface area contributed by atoms with E-state index >= 15 is 0 Å². The summed E-state index contributed by atoms with van der Waals surface area (Å²) in [5, 5.41) is 2.74. The highest BCUT2D eigenvalue weighted by Crippen LogP contribution is 2.25. The van der Waals surface area contributed by atoms with Crippen LogP contribution in [0, 0.1) is 6.92 Å². The molecule has 0 radical (unpaired) electrons. The van der Waals surface area contributed by atoms with Crippen molar-refractivity contribution in [2.45, 2.75) is 16.7 Å². The molecule has 0 aliphatic carbocycles. The van der Waals surface area contributed by atoms with Gasteiger partial charge in [-0.05, 0) is 85.8 Å². The summed E-state index contributed by atoms with van der Waals surface area (Å²) in [6, 6.07) is 22.4. The van der Waals surface area contributed by atoms with E-state index in [9.17, 15) is 21.6 Å². The summed E-state index contributed by atoms with van der Waals surface area (Å²) >= 11 is 6.21. The number of sulfonamides is 2. The second-order valence-corrected chi connectivity index (χ2v) is 12.2. The van der Waals surface area contributed by atoms with Crippen molar-refractivity contribution in [2.24, 2.45) is 0 Å². The van der Waals surface area contributed by atoms with Crippen LogP contribution in [0.15, 0.2) is 101 Å². The standard InChI is InChI=1S/C27H24ClN3O6S2/c1-18-3-12-23(13-4-18)39(35,36)31-21-9-16-26(28)25(17-21)27(32)29-19-7-14-24(15-8-19)38(33,34)30-20-5-10-22(37-2)11-6-20/h3-17,30-31H,1-2H3,(H,29,32). The zero-order chi connectivity index (χ0) is 28.2. The summed E-state index contributed by atoms with van der Waals surface area (Å²) in [7, 11) is -6.25. The van der Waals surface area contributed by atoms with Gasteiger partial charge in [0.25, 0.3) is 26.0 Å². The lowest BCUT2D eigenvalue weighted by molar-refractivity contribution is 0.102. The van der Waals surface area contributed by atoms with Gasteiger partial charge in [-0.2, -0.15) is 0 Å². The van der Waals surface area contributed by atoms with Crippen LogP contribution in [0.25, 0.3) is 0 Å².